The normalized spacial score (nSPS) is 34.1. The largest absolute Gasteiger partial charge is 0.444 e. The van der Waals surface area contributed by atoms with Crippen molar-refractivity contribution in [2.75, 3.05) is 0 Å². The Balaban J connectivity index is 1.67. The summed E-state index contributed by atoms with van der Waals surface area (Å²) in [5.41, 5.74) is -0.615. The fraction of sp³-hybridized carbons (Fsp3) is 0.588. The Labute approximate surface area is 141 Å². The van der Waals surface area contributed by atoms with Gasteiger partial charge in [-0.3, -0.25) is 4.90 Å². The minimum atomic E-state index is -3.68. The number of nitrogens with zero attached hydrogens (tertiary/aromatic N) is 1. The molecule has 0 spiro atoms. The number of benzene rings is 1. The van der Waals surface area contributed by atoms with Crippen LogP contribution in [0.5, 0.6) is 0 Å². The molecule has 4 atom stereocenters. The van der Waals surface area contributed by atoms with Crippen molar-refractivity contribution >= 4 is 15.9 Å². The van der Waals surface area contributed by atoms with Crippen molar-refractivity contribution in [2.24, 2.45) is 0 Å². The van der Waals surface area contributed by atoms with Crippen molar-refractivity contribution in [1.82, 2.24) is 4.90 Å². The van der Waals surface area contributed by atoms with Crippen molar-refractivity contribution in [1.29, 1.82) is 0 Å². The fourth-order valence-corrected chi connectivity index (χ4v) is 6.23. The van der Waals surface area contributed by atoms with Crippen LogP contribution in [0.3, 0.4) is 0 Å². The van der Waals surface area contributed by atoms with Gasteiger partial charge in [0.1, 0.15) is 11.7 Å². The van der Waals surface area contributed by atoms with Gasteiger partial charge in [0.25, 0.3) is 0 Å². The molecule has 1 aromatic carbocycles. The maximum absolute atomic E-state index is 13.1. The van der Waals surface area contributed by atoms with E-state index in [2.05, 4.69) is 0 Å². The molecule has 2 bridgehead atoms. The quantitative estimate of drug-likeness (QED) is 0.765. The van der Waals surface area contributed by atoms with E-state index >= 15 is 0 Å². The van der Waals surface area contributed by atoms with Gasteiger partial charge in [0.15, 0.2) is 0 Å². The number of fused-ring (bicyclic) bond motifs is 5. The van der Waals surface area contributed by atoms with Gasteiger partial charge in [-0.1, -0.05) is 18.2 Å². The average molecular weight is 351 g/mol. The van der Waals surface area contributed by atoms with Gasteiger partial charge >= 0.3 is 6.09 Å². The second-order valence-corrected chi connectivity index (χ2v) is 9.74. The Kier molecular flexibility index (Phi) is 3.13. The number of amides is 1. The molecule has 3 heterocycles. The van der Waals surface area contributed by atoms with Crippen molar-refractivity contribution in [3.63, 3.8) is 0 Å². The van der Waals surface area contributed by atoms with E-state index in [1.165, 1.54) is 0 Å². The standard InChI is InChI=1S/C17H21NO5S/c1-16(2,3)23-15(19)18-12-9-10-13(18)17(14(12)22-17)24(20,21)11-7-5-4-6-8-11/h4-8,12-14H,9-10H2,1-3H3/t12-,13+,14-,17-/m0/s1. The highest BCUT2D eigenvalue weighted by atomic mass is 32.2. The van der Waals surface area contributed by atoms with E-state index < -0.39 is 38.6 Å². The molecule has 3 fully saturated rings. The van der Waals surface area contributed by atoms with Crippen LogP contribution < -0.4 is 0 Å². The first kappa shape index (κ1) is 15.9. The number of epoxide rings is 1. The van der Waals surface area contributed by atoms with E-state index in [0.717, 1.165) is 6.42 Å². The highest BCUT2D eigenvalue weighted by Gasteiger charge is 2.83. The van der Waals surface area contributed by atoms with Crippen LogP contribution >= 0.6 is 0 Å². The molecule has 0 N–H and O–H groups in total. The van der Waals surface area contributed by atoms with Crippen LogP contribution in [0.25, 0.3) is 0 Å². The van der Waals surface area contributed by atoms with Crippen molar-refractivity contribution < 1.29 is 22.7 Å². The van der Waals surface area contributed by atoms with Gasteiger partial charge in [-0.25, -0.2) is 13.2 Å². The van der Waals surface area contributed by atoms with Gasteiger partial charge in [0, 0.05) is 0 Å². The number of carbonyl (C=O) groups excluding carboxylic acids is 1. The van der Waals surface area contributed by atoms with E-state index in [1.807, 2.05) is 0 Å². The first-order valence-corrected chi connectivity index (χ1v) is 9.65. The Morgan fingerprint density at radius 3 is 2.54 bits per heavy atom. The summed E-state index contributed by atoms with van der Waals surface area (Å²) in [5, 5.41) is 0. The number of ether oxygens (including phenoxy) is 2. The summed E-state index contributed by atoms with van der Waals surface area (Å²) in [6, 6.07) is 7.62. The molecule has 6 nitrogen and oxygen atoms in total. The maximum Gasteiger partial charge on any atom is 0.411 e. The first-order chi connectivity index (χ1) is 11.2. The van der Waals surface area contributed by atoms with E-state index in [9.17, 15) is 13.2 Å². The summed E-state index contributed by atoms with van der Waals surface area (Å²) >= 11 is 0. The molecule has 3 aliphatic rings. The van der Waals surface area contributed by atoms with Gasteiger partial charge in [-0.2, -0.15) is 0 Å². The van der Waals surface area contributed by atoms with Gasteiger partial charge < -0.3 is 9.47 Å². The Hall–Kier alpha value is -1.60. The Morgan fingerprint density at radius 1 is 1.25 bits per heavy atom. The molecule has 24 heavy (non-hydrogen) atoms. The molecule has 1 aromatic rings. The molecule has 0 aromatic heterocycles. The molecule has 130 valence electrons. The highest BCUT2D eigenvalue weighted by molar-refractivity contribution is 7.93. The van der Waals surface area contributed by atoms with Crippen LogP contribution in [-0.4, -0.2) is 48.1 Å². The average Bonchev–Trinajstić information content (AvgIpc) is 3.07. The second-order valence-electron chi connectivity index (χ2n) is 7.62. The lowest BCUT2D eigenvalue weighted by molar-refractivity contribution is 0.00914. The van der Waals surface area contributed by atoms with Crippen LogP contribution in [0.2, 0.25) is 0 Å². The highest BCUT2D eigenvalue weighted by Crippen LogP contribution is 2.62. The van der Waals surface area contributed by atoms with Gasteiger partial charge in [0.2, 0.25) is 14.8 Å². The third kappa shape index (κ3) is 1.97. The predicted molar refractivity (Wildman–Crippen MR) is 86.1 cm³/mol. The minimum Gasteiger partial charge on any atom is -0.444 e. The van der Waals surface area contributed by atoms with Crippen LogP contribution in [0.1, 0.15) is 33.6 Å². The summed E-state index contributed by atoms with van der Waals surface area (Å²) in [5.74, 6) is 0. The molecule has 0 aliphatic carbocycles. The number of rotatable bonds is 2. The zero-order chi connectivity index (χ0) is 17.3. The molecule has 0 unspecified atom stereocenters. The van der Waals surface area contributed by atoms with E-state index in [4.69, 9.17) is 9.47 Å². The zero-order valence-corrected chi connectivity index (χ0v) is 14.7. The Morgan fingerprint density at radius 2 is 1.92 bits per heavy atom. The van der Waals surface area contributed by atoms with Gasteiger partial charge in [0.05, 0.1) is 17.0 Å². The smallest absolute Gasteiger partial charge is 0.411 e. The summed E-state index contributed by atoms with van der Waals surface area (Å²) < 4.78 is 37.5. The summed E-state index contributed by atoms with van der Waals surface area (Å²) in [4.78, 5) is 13.1. The van der Waals surface area contributed by atoms with Crippen LogP contribution in [0, 0.1) is 0 Å². The lowest BCUT2D eigenvalue weighted by atomic mass is 10.0. The molecule has 0 saturated carbocycles. The number of morpholine rings is 1. The number of hydrogen-bond donors (Lipinski definition) is 0. The van der Waals surface area contributed by atoms with Crippen LogP contribution in [0.4, 0.5) is 4.79 Å². The molecule has 7 heteroatoms. The number of sulfone groups is 1. The summed E-state index contributed by atoms with van der Waals surface area (Å²) in [6.45, 7) is 5.41. The lowest BCUT2D eigenvalue weighted by Crippen LogP contribution is -2.47. The van der Waals surface area contributed by atoms with Crippen LogP contribution in [0.15, 0.2) is 35.2 Å². The summed E-state index contributed by atoms with van der Waals surface area (Å²) in [6.07, 6.45) is 0.468. The summed E-state index contributed by atoms with van der Waals surface area (Å²) in [7, 11) is -3.68. The fourth-order valence-electron chi connectivity index (χ4n) is 4.07. The Bertz CT molecular complexity index is 785. The maximum atomic E-state index is 13.1. The molecule has 0 radical (unpaired) electrons. The number of hydrogen-bond acceptors (Lipinski definition) is 5. The molecular formula is C17H21NO5S. The third-order valence-corrected chi connectivity index (χ3v) is 7.30. The zero-order valence-electron chi connectivity index (χ0n) is 13.9. The third-order valence-electron chi connectivity index (χ3n) is 4.97. The van der Waals surface area contributed by atoms with E-state index in [-0.39, 0.29) is 10.9 Å². The van der Waals surface area contributed by atoms with Crippen molar-refractivity contribution in [3.05, 3.63) is 30.3 Å². The predicted octanol–water partition coefficient (Wildman–Crippen LogP) is 2.34. The van der Waals surface area contributed by atoms with Crippen molar-refractivity contribution in [2.45, 2.75) is 67.2 Å². The van der Waals surface area contributed by atoms with E-state index in [0.29, 0.717) is 6.42 Å². The monoisotopic (exact) mass is 351 g/mol. The topological polar surface area (TPSA) is 76.2 Å². The van der Waals surface area contributed by atoms with Gasteiger partial charge in [-0.15, -0.1) is 0 Å². The first-order valence-electron chi connectivity index (χ1n) is 8.17. The molecule has 4 rings (SSSR count). The molecule has 3 saturated heterocycles. The minimum absolute atomic E-state index is 0.219. The molecule has 3 aliphatic heterocycles. The second kappa shape index (κ2) is 4.73. The van der Waals surface area contributed by atoms with Crippen LogP contribution in [-0.2, 0) is 19.3 Å². The van der Waals surface area contributed by atoms with Gasteiger partial charge in [-0.05, 0) is 45.7 Å². The molecule has 1 amide bonds. The molecular weight excluding hydrogens is 330 g/mol. The lowest BCUT2D eigenvalue weighted by Gasteiger charge is -2.30. The number of carbonyl (C=O) groups is 1. The van der Waals surface area contributed by atoms with E-state index in [1.54, 1.807) is 56.0 Å². The SMILES string of the molecule is CC(C)(C)OC(=O)N1[C@H]2CC[C@@H]1[C@@]1(S(=O)(=O)c3ccccc3)O[C@@H]21. The van der Waals surface area contributed by atoms with Crippen molar-refractivity contribution in [3.8, 4) is 0 Å².